The van der Waals surface area contributed by atoms with Crippen molar-refractivity contribution in [2.24, 2.45) is 0 Å². The van der Waals surface area contributed by atoms with E-state index in [2.05, 4.69) is 5.32 Å². The molecule has 0 bridgehead atoms. The summed E-state index contributed by atoms with van der Waals surface area (Å²) in [5, 5.41) is 34.5. The zero-order chi connectivity index (χ0) is 22.4. The van der Waals surface area contributed by atoms with Gasteiger partial charge in [0.05, 0.1) is 18.6 Å². The first kappa shape index (κ1) is 21.9. The highest BCUT2D eigenvalue weighted by molar-refractivity contribution is 7.81. The molecule has 2 aromatic carbocycles. The summed E-state index contributed by atoms with van der Waals surface area (Å²) in [6, 6.07) is 16.0. The third-order valence-electron chi connectivity index (χ3n) is 4.44. The minimum absolute atomic E-state index is 0.0908. The van der Waals surface area contributed by atoms with Crippen molar-refractivity contribution in [1.29, 1.82) is 0 Å². The molecule has 8 nitrogen and oxygen atoms in total. The smallest absolute Gasteiger partial charge is 0.288 e. The fourth-order valence-corrected chi connectivity index (χ4v) is 3.17. The van der Waals surface area contributed by atoms with Crippen molar-refractivity contribution in [1.82, 2.24) is 0 Å². The number of non-ortho nitro benzene ring substituents is 1. The van der Waals surface area contributed by atoms with Gasteiger partial charge in [0, 0.05) is 35.0 Å². The summed E-state index contributed by atoms with van der Waals surface area (Å²) < 4.78 is 6.74. The van der Waals surface area contributed by atoms with Gasteiger partial charge in [-0.05, 0) is 42.5 Å². The van der Waals surface area contributed by atoms with E-state index in [9.17, 15) is 20.3 Å². The fourth-order valence-electron chi connectivity index (χ4n) is 2.85. The van der Waals surface area contributed by atoms with Crippen LogP contribution in [0.25, 0.3) is 11.5 Å². The van der Waals surface area contributed by atoms with Gasteiger partial charge in [-0.15, -0.1) is 0 Å². The predicted octanol–water partition coefficient (Wildman–Crippen LogP) is 3.71. The van der Waals surface area contributed by atoms with Gasteiger partial charge in [-0.3, -0.25) is 10.1 Å². The van der Waals surface area contributed by atoms with Gasteiger partial charge >= 0.3 is 0 Å². The predicted molar refractivity (Wildman–Crippen MR) is 121 cm³/mol. The van der Waals surface area contributed by atoms with Crippen LogP contribution in [0.1, 0.15) is 11.1 Å². The van der Waals surface area contributed by atoms with Crippen LogP contribution in [0.5, 0.6) is 5.75 Å². The zero-order valence-corrected chi connectivity index (χ0v) is 17.4. The van der Waals surface area contributed by atoms with Crippen molar-refractivity contribution >= 4 is 40.0 Å². The highest BCUT2D eigenvalue weighted by atomic mass is 32.1. The maximum absolute atomic E-state index is 11.0. The van der Waals surface area contributed by atoms with Crippen LogP contribution in [-0.2, 0) is 6.61 Å². The lowest BCUT2D eigenvalue weighted by Crippen LogP contribution is -2.39. The summed E-state index contributed by atoms with van der Waals surface area (Å²) in [4.78, 5) is 10.6. The van der Waals surface area contributed by atoms with E-state index in [0.717, 1.165) is 0 Å². The lowest BCUT2D eigenvalue weighted by Gasteiger charge is -2.11. The van der Waals surface area contributed by atoms with Gasteiger partial charge in [0.25, 0.3) is 11.4 Å². The summed E-state index contributed by atoms with van der Waals surface area (Å²) >= 11 is 5.57. The fraction of sp³-hybridized carbons (Fsp3) is 0.0909. The molecule has 0 fully saturated rings. The van der Waals surface area contributed by atoms with E-state index in [1.165, 1.54) is 24.3 Å². The Morgan fingerprint density at radius 2 is 1.84 bits per heavy atom. The Morgan fingerprint density at radius 3 is 2.42 bits per heavy atom. The number of ether oxygens (including phenoxy) is 1. The van der Waals surface area contributed by atoms with Crippen LogP contribution in [0.4, 0.5) is 11.4 Å². The quantitative estimate of drug-likeness (QED) is 0.129. The number of nitrogens with one attached hydrogen (secondary N) is 1. The van der Waals surface area contributed by atoms with Gasteiger partial charge in [-0.2, -0.15) is 4.57 Å². The Morgan fingerprint density at radius 1 is 1.16 bits per heavy atom. The second kappa shape index (κ2) is 9.79. The van der Waals surface area contributed by atoms with Crippen LogP contribution in [0, 0.1) is 10.1 Å². The van der Waals surface area contributed by atoms with E-state index in [0.29, 0.717) is 22.6 Å². The third-order valence-corrected chi connectivity index (χ3v) is 4.74. The normalized spacial score (nSPS) is 11.4. The summed E-state index contributed by atoms with van der Waals surface area (Å²) in [5.74, 6) is 0.506. The molecule has 0 spiro atoms. The van der Waals surface area contributed by atoms with Gasteiger partial charge in [0.1, 0.15) is 5.75 Å². The molecule has 0 aliphatic heterocycles. The SMILES string of the molecule is COc1ccc(NC(=S)/C(=C(\O)c2ccc([N+](=O)[O-])cc2)[n+]2cccc(CO)c2)cc1. The minimum atomic E-state index is -0.513. The van der Waals surface area contributed by atoms with Crippen LogP contribution >= 0.6 is 12.2 Å². The number of nitro benzene ring substituents is 1. The second-order valence-corrected chi connectivity index (χ2v) is 6.87. The lowest BCUT2D eigenvalue weighted by atomic mass is 10.1. The molecule has 3 N–H and O–H groups in total. The monoisotopic (exact) mass is 438 g/mol. The number of aliphatic hydroxyl groups excluding tert-OH is 2. The number of hydrogen-bond donors (Lipinski definition) is 3. The lowest BCUT2D eigenvalue weighted by molar-refractivity contribution is -0.576. The zero-order valence-electron chi connectivity index (χ0n) is 16.6. The Balaban J connectivity index is 2.05. The number of rotatable bonds is 7. The highest BCUT2D eigenvalue weighted by Gasteiger charge is 2.24. The number of thiocarbonyl (C=S) groups is 1. The number of nitro groups is 1. The molecular weight excluding hydrogens is 418 g/mol. The molecule has 3 aromatic rings. The molecule has 3 rings (SSSR count). The van der Waals surface area contributed by atoms with Gasteiger partial charge in [0.15, 0.2) is 23.1 Å². The van der Waals surface area contributed by atoms with Gasteiger partial charge in [0.2, 0.25) is 0 Å². The average molecular weight is 438 g/mol. The van der Waals surface area contributed by atoms with E-state index >= 15 is 0 Å². The standard InChI is InChI=1S/C22H19N3O5S/c1-30-19-10-6-17(7-11-19)23-22(31)20(24-12-2-3-15(13-24)14-26)21(27)16-4-8-18(9-5-16)25(28)29/h2-13,26H,14H2,1H3,(H-,23,27,31)/p+1. The van der Waals surface area contributed by atoms with Gasteiger partial charge in [-0.1, -0.05) is 12.2 Å². The molecule has 0 saturated carbocycles. The van der Waals surface area contributed by atoms with Crippen LogP contribution in [0.2, 0.25) is 0 Å². The molecule has 1 aromatic heterocycles. The molecular formula is C22H20N3O5S+. The Bertz CT molecular complexity index is 1130. The Hall–Kier alpha value is -3.82. The van der Waals surface area contributed by atoms with Crippen molar-refractivity contribution in [3.8, 4) is 5.75 Å². The molecule has 0 radical (unpaired) electrons. The Kier molecular flexibility index (Phi) is 6.91. The summed E-state index contributed by atoms with van der Waals surface area (Å²) in [6.07, 6.45) is 3.32. The van der Waals surface area contributed by atoms with Gasteiger partial charge in [-0.25, -0.2) is 0 Å². The molecule has 9 heteroatoms. The van der Waals surface area contributed by atoms with Crippen molar-refractivity contribution in [3.63, 3.8) is 0 Å². The topological polar surface area (TPSA) is 109 Å². The number of methoxy groups -OCH3 is 1. The molecule has 0 saturated heterocycles. The Labute approximate surface area is 183 Å². The van der Waals surface area contributed by atoms with Gasteiger partial charge < -0.3 is 20.3 Å². The van der Waals surface area contributed by atoms with Crippen molar-refractivity contribution in [2.45, 2.75) is 6.61 Å². The first-order valence-corrected chi connectivity index (χ1v) is 9.58. The number of aromatic nitrogens is 1. The molecule has 0 aliphatic carbocycles. The molecule has 0 aliphatic rings. The first-order valence-electron chi connectivity index (χ1n) is 9.18. The van der Waals surface area contributed by atoms with E-state index in [1.807, 2.05) is 0 Å². The molecule has 158 valence electrons. The maximum atomic E-state index is 11.0. The minimum Gasteiger partial charge on any atom is -0.502 e. The largest absolute Gasteiger partial charge is 0.502 e. The number of anilines is 1. The van der Waals surface area contributed by atoms with E-state index in [1.54, 1.807) is 60.5 Å². The highest BCUT2D eigenvalue weighted by Crippen LogP contribution is 2.22. The number of hydrogen-bond acceptors (Lipinski definition) is 6. The molecule has 0 atom stereocenters. The average Bonchev–Trinajstić information content (AvgIpc) is 2.80. The summed E-state index contributed by atoms with van der Waals surface area (Å²) in [7, 11) is 1.57. The van der Waals surface area contributed by atoms with Crippen LogP contribution < -0.4 is 14.6 Å². The van der Waals surface area contributed by atoms with Crippen LogP contribution in [0.3, 0.4) is 0 Å². The van der Waals surface area contributed by atoms with E-state index in [4.69, 9.17) is 17.0 Å². The van der Waals surface area contributed by atoms with Crippen molar-refractivity contribution in [2.75, 3.05) is 12.4 Å². The summed E-state index contributed by atoms with van der Waals surface area (Å²) in [5.41, 5.74) is 1.80. The first-order chi connectivity index (χ1) is 14.9. The molecule has 0 unspecified atom stereocenters. The van der Waals surface area contributed by atoms with Crippen molar-refractivity contribution < 1.29 is 24.4 Å². The molecule has 31 heavy (non-hydrogen) atoms. The number of aliphatic hydroxyl groups is 2. The molecule has 1 heterocycles. The van der Waals surface area contributed by atoms with Crippen molar-refractivity contribution in [3.05, 3.63) is 94.3 Å². The number of nitrogens with zero attached hydrogens (tertiary/aromatic N) is 2. The number of benzene rings is 2. The van der Waals surface area contributed by atoms with E-state index < -0.39 is 4.92 Å². The molecule has 0 amide bonds. The van der Waals surface area contributed by atoms with Crippen LogP contribution in [0.15, 0.2) is 73.1 Å². The number of pyridine rings is 1. The van der Waals surface area contributed by atoms with E-state index in [-0.39, 0.29) is 28.7 Å². The maximum Gasteiger partial charge on any atom is 0.288 e. The second-order valence-electron chi connectivity index (χ2n) is 6.46. The third kappa shape index (κ3) is 5.21. The van der Waals surface area contributed by atoms with Crippen LogP contribution in [-0.4, -0.2) is 27.2 Å². The summed E-state index contributed by atoms with van der Waals surface area (Å²) in [6.45, 7) is -0.189.